The fourth-order valence-electron chi connectivity index (χ4n) is 2.23. The molecule has 17 heavy (non-hydrogen) atoms. The highest BCUT2D eigenvalue weighted by Crippen LogP contribution is 2.28. The van der Waals surface area contributed by atoms with Crippen molar-refractivity contribution in [2.24, 2.45) is 0 Å². The second-order valence-corrected chi connectivity index (χ2v) is 5.17. The molecule has 94 valence electrons. The van der Waals surface area contributed by atoms with Crippen LogP contribution in [-0.4, -0.2) is 40.4 Å². The minimum absolute atomic E-state index is 0.0164. The van der Waals surface area contributed by atoms with Gasteiger partial charge in [0.05, 0.1) is 12.7 Å². The lowest BCUT2D eigenvalue weighted by molar-refractivity contribution is 0.150. The molecule has 2 rings (SSSR count). The van der Waals surface area contributed by atoms with Crippen LogP contribution < -0.4 is 0 Å². The molecule has 5 heteroatoms. The van der Waals surface area contributed by atoms with Gasteiger partial charge in [-0.15, -0.1) is 0 Å². The summed E-state index contributed by atoms with van der Waals surface area (Å²) in [6.07, 6.45) is 0.215. The average molecular weight is 276 g/mol. The van der Waals surface area contributed by atoms with Crippen molar-refractivity contribution >= 4 is 23.2 Å². The number of likely N-dealkylation sites (tertiary alicyclic amines) is 1. The van der Waals surface area contributed by atoms with Crippen molar-refractivity contribution in [3.63, 3.8) is 0 Å². The summed E-state index contributed by atoms with van der Waals surface area (Å²) in [5.74, 6) is 0. The van der Waals surface area contributed by atoms with Crippen molar-refractivity contribution in [3.05, 3.63) is 33.8 Å². The third-order valence-corrected chi connectivity index (χ3v) is 3.85. The van der Waals surface area contributed by atoms with Gasteiger partial charge in [0, 0.05) is 34.7 Å². The molecule has 1 saturated heterocycles. The van der Waals surface area contributed by atoms with E-state index in [1.54, 1.807) is 18.2 Å². The van der Waals surface area contributed by atoms with Crippen LogP contribution in [-0.2, 0) is 6.54 Å². The molecule has 2 N–H and O–H groups in total. The first-order valence-electron chi connectivity index (χ1n) is 5.57. The first-order chi connectivity index (χ1) is 8.11. The van der Waals surface area contributed by atoms with Gasteiger partial charge in [0.15, 0.2) is 0 Å². The number of hydrogen-bond acceptors (Lipinski definition) is 3. The third kappa shape index (κ3) is 2.92. The maximum absolute atomic E-state index is 9.60. The Balaban J connectivity index is 2.15. The number of aliphatic hydroxyl groups is 2. The smallest absolute Gasteiger partial charge is 0.0683 e. The Labute approximate surface area is 111 Å². The van der Waals surface area contributed by atoms with E-state index in [1.807, 2.05) is 4.90 Å². The molecule has 0 saturated carbocycles. The normalized spacial score (nSPS) is 25.4. The predicted octanol–water partition coefficient (Wildman–Crippen LogP) is 1.92. The molecule has 3 nitrogen and oxygen atoms in total. The van der Waals surface area contributed by atoms with E-state index in [4.69, 9.17) is 23.2 Å². The van der Waals surface area contributed by atoms with Gasteiger partial charge in [-0.25, -0.2) is 0 Å². The number of hydrogen-bond donors (Lipinski definition) is 2. The van der Waals surface area contributed by atoms with Crippen molar-refractivity contribution in [2.75, 3.05) is 13.2 Å². The highest BCUT2D eigenvalue weighted by atomic mass is 35.5. The summed E-state index contributed by atoms with van der Waals surface area (Å²) in [6, 6.07) is 5.38. The number of aliphatic hydroxyl groups excluding tert-OH is 2. The maximum atomic E-state index is 9.60. The Bertz CT molecular complexity index is 380. The first kappa shape index (κ1) is 13.1. The highest BCUT2D eigenvalue weighted by Gasteiger charge is 2.30. The number of benzene rings is 1. The zero-order valence-electron chi connectivity index (χ0n) is 9.31. The zero-order chi connectivity index (χ0) is 12.4. The van der Waals surface area contributed by atoms with Gasteiger partial charge in [-0.3, -0.25) is 4.90 Å². The van der Waals surface area contributed by atoms with Crippen LogP contribution in [0.1, 0.15) is 12.0 Å². The molecule has 1 aliphatic rings. The molecule has 0 amide bonds. The van der Waals surface area contributed by atoms with Crippen molar-refractivity contribution in [1.29, 1.82) is 0 Å². The third-order valence-electron chi connectivity index (χ3n) is 3.14. The largest absolute Gasteiger partial charge is 0.395 e. The Kier molecular flexibility index (Phi) is 4.28. The van der Waals surface area contributed by atoms with Crippen LogP contribution in [0.4, 0.5) is 0 Å². The molecular formula is C12H15Cl2NO2. The lowest BCUT2D eigenvalue weighted by atomic mass is 10.2. The van der Waals surface area contributed by atoms with E-state index in [-0.39, 0.29) is 18.8 Å². The van der Waals surface area contributed by atoms with Crippen LogP contribution in [0.2, 0.25) is 10.0 Å². The molecule has 1 heterocycles. The van der Waals surface area contributed by atoms with Gasteiger partial charge in [-0.2, -0.15) is 0 Å². The summed E-state index contributed by atoms with van der Waals surface area (Å²) >= 11 is 12.2. The molecule has 0 aliphatic carbocycles. The van der Waals surface area contributed by atoms with Gasteiger partial charge in [-0.1, -0.05) is 29.3 Å². The van der Waals surface area contributed by atoms with E-state index >= 15 is 0 Å². The van der Waals surface area contributed by atoms with Gasteiger partial charge in [0.25, 0.3) is 0 Å². The first-order valence-corrected chi connectivity index (χ1v) is 6.33. The van der Waals surface area contributed by atoms with Crippen LogP contribution in [0, 0.1) is 0 Å². The van der Waals surface area contributed by atoms with Crippen LogP contribution in [0.3, 0.4) is 0 Å². The van der Waals surface area contributed by atoms with Crippen LogP contribution >= 0.6 is 23.2 Å². The number of rotatable bonds is 3. The standard InChI is InChI=1S/C12H15Cl2NO2/c13-11-2-1-3-12(14)10(11)6-15-5-9(17)4-8(15)7-16/h1-3,8-9,16-17H,4-7H2. The maximum Gasteiger partial charge on any atom is 0.0683 e. The number of nitrogens with zero attached hydrogens (tertiary/aromatic N) is 1. The summed E-state index contributed by atoms with van der Waals surface area (Å²) in [7, 11) is 0. The van der Waals surface area contributed by atoms with Crippen molar-refractivity contribution < 1.29 is 10.2 Å². The van der Waals surface area contributed by atoms with E-state index in [1.165, 1.54) is 0 Å². The van der Waals surface area contributed by atoms with Gasteiger partial charge in [-0.05, 0) is 18.6 Å². The van der Waals surface area contributed by atoms with E-state index in [2.05, 4.69) is 0 Å². The molecule has 2 atom stereocenters. The summed E-state index contributed by atoms with van der Waals surface area (Å²) in [6.45, 7) is 1.15. The summed E-state index contributed by atoms with van der Waals surface area (Å²) < 4.78 is 0. The van der Waals surface area contributed by atoms with Crippen molar-refractivity contribution in [2.45, 2.75) is 25.1 Å². The molecule has 1 aromatic rings. The molecular weight excluding hydrogens is 261 g/mol. The molecule has 1 fully saturated rings. The van der Waals surface area contributed by atoms with Crippen LogP contribution in [0.5, 0.6) is 0 Å². The topological polar surface area (TPSA) is 43.7 Å². The Morgan fingerprint density at radius 2 is 1.94 bits per heavy atom. The van der Waals surface area contributed by atoms with Crippen molar-refractivity contribution in [3.8, 4) is 0 Å². The molecule has 0 bridgehead atoms. The highest BCUT2D eigenvalue weighted by molar-refractivity contribution is 6.35. The molecule has 0 aromatic heterocycles. The second-order valence-electron chi connectivity index (χ2n) is 4.36. The Morgan fingerprint density at radius 1 is 1.29 bits per heavy atom. The monoisotopic (exact) mass is 275 g/mol. The minimum atomic E-state index is -0.381. The van der Waals surface area contributed by atoms with E-state index < -0.39 is 0 Å². The molecule has 2 unspecified atom stereocenters. The van der Waals surface area contributed by atoms with Gasteiger partial charge in [0.1, 0.15) is 0 Å². The Hall–Kier alpha value is -0.320. The second kappa shape index (κ2) is 5.55. The van der Waals surface area contributed by atoms with E-state index in [0.717, 1.165) is 5.56 Å². The van der Waals surface area contributed by atoms with Gasteiger partial charge in [0.2, 0.25) is 0 Å². The van der Waals surface area contributed by atoms with Crippen LogP contribution in [0.25, 0.3) is 0 Å². The van der Waals surface area contributed by atoms with E-state index in [0.29, 0.717) is 29.6 Å². The zero-order valence-corrected chi connectivity index (χ0v) is 10.8. The predicted molar refractivity (Wildman–Crippen MR) is 68.4 cm³/mol. The fourth-order valence-corrected chi connectivity index (χ4v) is 2.74. The molecule has 0 spiro atoms. The molecule has 1 aromatic carbocycles. The lowest BCUT2D eigenvalue weighted by Crippen LogP contribution is -2.32. The quantitative estimate of drug-likeness (QED) is 0.886. The Morgan fingerprint density at radius 3 is 2.53 bits per heavy atom. The SMILES string of the molecule is OCC1CC(O)CN1Cc1c(Cl)cccc1Cl. The number of halogens is 2. The van der Waals surface area contributed by atoms with Gasteiger partial charge >= 0.3 is 0 Å². The summed E-state index contributed by atoms with van der Waals surface area (Å²) in [5, 5.41) is 20.1. The summed E-state index contributed by atoms with van der Waals surface area (Å²) in [4.78, 5) is 2.01. The fraction of sp³-hybridized carbons (Fsp3) is 0.500. The van der Waals surface area contributed by atoms with Crippen molar-refractivity contribution in [1.82, 2.24) is 4.90 Å². The average Bonchev–Trinajstić information content (AvgIpc) is 2.64. The minimum Gasteiger partial charge on any atom is -0.395 e. The summed E-state index contributed by atoms with van der Waals surface area (Å²) in [5.41, 5.74) is 0.850. The van der Waals surface area contributed by atoms with E-state index in [9.17, 15) is 10.2 Å². The number of β-amino-alcohol motifs (C(OH)–C–C–N with tert-alkyl or cyclic N) is 1. The molecule has 0 radical (unpaired) electrons. The lowest BCUT2D eigenvalue weighted by Gasteiger charge is -2.23. The molecule has 1 aliphatic heterocycles. The van der Waals surface area contributed by atoms with Gasteiger partial charge < -0.3 is 10.2 Å². The van der Waals surface area contributed by atoms with Crippen LogP contribution in [0.15, 0.2) is 18.2 Å².